The standard InChI is InChI=1S/C18H26BrN/c1-13(14-7-4-2-3-5-8-14)20-18-12-11-15-16(18)9-6-10-17(15)19/h6,9-10,13-14,18,20H,2-5,7-8,11-12H2,1H3/t13-,18?/m1/s1. The van der Waals surface area contributed by atoms with E-state index in [1.807, 2.05) is 0 Å². The van der Waals surface area contributed by atoms with E-state index in [-0.39, 0.29) is 0 Å². The minimum absolute atomic E-state index is 0.570. The van der Waals surface area contributed by atoms with Crippen molar-refractivity contribution < 1.29 is 0 Å². The molecule has 0 radical (unpaired) electrons. The van der Waals surface area contributed by atoms with E-state index in [1.54, 1.807) is 0 Å². The summed E-state index contributed by atoms with van der Waals surface area (Å²) in [6.45, 7) is 2.41. The van der Waals surface area contributed by atoms with Gasteiger partial charge in [0.2, 0.25) is 0 Å². The molecule has 110 valence electrons. The van der Waals surface area contributed by atoms with Gasteiger partial charge in [-0.15, -0.1) is 0 Å². The first-order chi connectivity index (χ1) is 9.75. The molecular formula is C18H26BrN. The number of nitrogens with one attached hydrogen (secondary N) is 1. The fourth-order valence-electron chi connectivity index (χ4n) is 4.05. The molecule has 0 heterocycles. The molecule has 0 aromatic heterocycles. The predicted molar refractivity (Wildman–Crippen MR) is 89.0 cm³/mol. The van der Waals surface area contributed by atoms with Gasteiger partial charge in [-0.25, -0.2) is 0 Å². The Hall–Kier alpha value is -0.340. The van der Waals surface area contributed by atoms with E-state index in [2.05, 4.69) is 46.4 Å². The van der Waals surface area contributed by atoms with Gasteiger partial charge in [-0.3, -0.25) is 0 Å². The zero-order valence-electron chi connectivity index (χ0n) is 12.5. The molecule has 2 aliphatic rings. The van der Waals surface area contributed by atoms with Gasteiger partial charge in [0, 0.05) is 16.6 Å². The van der Waals surface area contributed by atoms with Crippen LogP contribution in [0.4, 0.5) is 0 Å². The molecule has 1 unspecified atom stereocenters. The highest BCUT2D eigenvalue weighted by Gasteiger charge is 2.27. The van der Waals surface area contributed by atoms with Crippen molar-refractivity contribution in [2.24, 2.45) is 5.92 Å². The topological polar surface area (TPSA) is 12.0 Å². The lowest BCUT2D eigenvalue weighted by molar-refractivity contribution is 0.309. The Morgan fingerprint density at radius 3 is 2.60 bits per heavy atom. The summed E-state index contributed by atoms with van der Waals surface area (Å²) in [5.74, 6) is 0.883. The van der Waals surface area contributed by atoms with Gasteiger partial charge in [-0.05, 0) is 55.7 Å². The minimum atomic E-state index is 0.570. The van der Waals surface area contributed by atoms with Gasteiger partial charge in [0.15, 0.2) is 0 Å². The molecule has 2 heteroatoms. The molecule has 0 spiro atoms. The van der Waals surface area contributed by atoms with Crippen molar-refractivity contribution in [2.75, 3.05) is 0 Å². The van der Waals surface area contributed by atoms with Gasteiger partial charge in [-0.1, -0.05) is 53.7 Å². The minimum Gasteiger partial charge on any atom is -0.307 e. The van der Waals surface area contributed by atoms with Crippen LogP contribution in [0.3, 0.4) is 0 Å². The number of rotatable bonds is 3. The van der Waals surface area contributed by atoms with Crippen molar-refractivity contribution in [3.63, 3.8) is 0 Å². The zero-order chi connectivity index (χ0) is 13.9. The highest BCUT2D eigenvalue weighted by Crippen LogP contribution is 2.37. The lowest BCUT2D eigenvalue weighted by Crippen LogP contribution is -2.35. The highest BCUT2D eigenvalue weighted by atomic mass is 79.9. The van der Waals surface area contributed by atoms with E-state index >= 15 is 0 Å². The third kappa shape index (κ3) is 3.12. The third-order valence-corrected chi connectivity index (χ3v) is 6.03. The Morgan fingerprint density at radius 1 is 1.10 bits per heavy atom. The summed E-state index contributed by atoms with van der Waals surface area (Å²) in [6.07, 6.45) is 11.1. The van der Waals surface area contributed by atoms with Crippen molar-refractivity contribution in [3.8, 4) is 0 Å². The third-order valence-electron chi connectivity index (χ3n) is 5.28. The van der Waals surface area contributed by atoms with Crippen molar-refractivity contribution in [3.05, 3.63) is 33.8 Å². The quantitative estimate of drug-likeness (QED) is 0.730. The monoisotopic (exact) mass is 335 g/mol. The summed E-state index contributed by atoms with van der Waals surface area (Å²) in [7, 11) is 0. The highest BCUT2D eigenvalue weighted by molar-refractivity contribution is 9.10. The van der Waals surface area contributed by atoms with E-state index < -0.39 is 0 Å². The fourth-order valence-corrected chi connectivity index (χ4v) is 4.63. The number of halogens is 1. The smallest absolute Gasteiger partial charge is 0.0328 e. The lowest BCUT2D eigenvalue weighted by atomic mass is 9.92. The average Bonchev–Trinajstić information content (AvgIpc) is 2.69. The largest absolute Gasteiger partial charge is 0.307 e. The molecule has 1 aromatic rings. The van der Waals surface area contributed by atoms with Crippen molar-refractivity contribution in [2.45, 2.75) is 70.4 Å². The molecule has 1 nitrogen and oxygen atoms in total. The molecule has 0 bridgehead atoms. The van der Waals surface area contributed by atoms with E-state index in [1.165, 1.54) is 67.0 Å². The van der Waals surface area contributed by atoms with Gasteiger partial charge in [-0.2, -0.15) is 0 Å². The van der Waals surface area contributed by atoms with Crippen LogP contribution in [0.5, 0.6) is 0 Å². The number of hydrogen-bond donors (Lipinski definition) is 1. The normalized spacial score (nSPS) is 25.2. The number of hydrogen-bond acceptors (Lipinski definition) is 1. The maximum atomic E-state index is 3.94. The van der Waals surface area contributed by atoms with E-state index in [9.17, 15) is 0 Å². The second-order valence-electron chi connectivity index (χ2n) is 6.61. The van der Waals surface area contributed by atoms with Crippen LogP contribution in [0.1, 0.15) is 69.0 Å². The predicted octanol–water partition coefficient (Wildman–Crippen LogP) is 5.38. The van der Waals surface area contributed by atoms with Crippen LogP contribution in [0.2, 0.25) is 0 Å². The van der Waals surface area contributed by atoms with E-state index in [4.69, 9.17) is 0 Å². The molecule has 1 N–H and O–H groups in total. The van der Waals surface area contributed by atoms with Gasteiger partial charge >= 0.3 is 0 Å². The van der Waals surface area contributed by atoms with Crippen LogP contribution < -0.4 is 5.32 Å². The molecule has 3 rings (SSSR count). The molecule has 1 fully saturated rings. The van der Waals surface area contributed by atoms with Crippen LogP contribution in [0.25, 0.3) is 0 Å². The van der Waals surface area contributed by atoms with Crippen molar-refractivity contribution >= 4 is 15.9 Å². The summed E-state index contributed by atoms with van der Waals surface area (Å²) < 4.78 is 1.29. The summed E-state index contributed by atoms with van der Waals surface area (Å²) >= 11 is 3.70. The fraction of sp³-hybridized carbons (Fsp3) is 0.667. The second-order valence-corrected chi connectivity index (χ2v) is 7.46. The molecular weight excluding hydrogens is 310 g/mol. The number of fused-ring (bicyclic) bond motifs is 1. The van der Waals surface area contributed by atoms with E-state index in [0.717, 1.165) is 5.92 Å². The zero-order valence-corrected chi connectivity index (χ0v) is 14.1. The molecule has 0 aliphatic heterocycles. The molecule has 0 amide bonds. The van der Waals surface area contributed by atoms with Gasteiger partial charge in [0.05, 0.1) is 0 Å². The first kappa shape index (κ1) is 14.6. The molecule has 1 aromatic carbocycles. The Balaban J connectivity index is 1.66. The van der Waals surface area contributed by atoms with Crippen LogP contribution in [0, 0.1) is 5.92 Å². The summed E-state index contributed by atoms with van der Waals surface area (Å²) in [6, 6.07) is 7.89. The molecule has 0 saturated heterocycles. The molecule has 20 heavy (non-hydrogen) atoms. The van der Waals surface area contributed by atoms with Crippen LogP contribution >= 0.6 is 15.9 Å². The average molecular weight is 336 g/mol. The van der Waals surface area contributed by atoms with Crippen molar-refractivity contribution in [1.82, 2.24) is 5.32 Å². The Morgan fingerprint density at radius 2 is 1.85 bits per heavy atom. The Bertz CT molecular complexity index is 449. The molecule has 2 aliphatic carbocycles. The van der Waals surface area contributed by atoms with Gasteiger partial charge < -0.3 is 5.32 Å². The van der Waals surface area contributed by atoms with Crippen LogP contribution in [0.15, 0.2) is 22.7 Å². The van der Waals surface area contributed by atoms with Crippen LogP contribution in [-0.2, 0) is 6.42 Å². The maximum Gasteiger partial charge on any atom is 0.0328 e. The van der Waals surface area contributed by atoms with E-state index in [0.29, 0.717) is 12.1 Å². The molecule has 2 atom stereocenters. The SMILES string of the molecule is C[C@@H](NC1CCc2c(Br)cccc21)C1CCCCCC1. The summed E-state index contributed by atoms with van der Waals surface area (Å²) in [4.78, 5) is 0. The first-order valence-electron chi connectivity index (χ1n) is 8.29. The summed E-state index contributed by atoms with van der Waals surface area (Å²) in [5.41, 5.74) is 3.05. The van der Waals surface area contributed by atoms with Crippen LogP contribution in [-0.4, -0.2) is 6.04 Å². The van der Waals surface area contributed by atoms with Gasteiger partial charge in [0.25, 0.3) is 0 Å². The Labute approximate surface area is 131 Å². The summed E-state index contributed by atoms with van der Waals surface area (Å²) in [5, 5.41) is 3.94. The van der Waals surface area contributed by atoms with Crippen molar-refractivity contribution in [1.29, 1.82) is 0 Å². The maximum absolute atomic E-state index is 3.94. The first-order valence-corrected chi connectivity index (χ1v) is 9.08. The molecule has 1 saturated carbocycles. The number of benzene rings is 1. The Kier molecular flexibility index (Phi) is 4.83. The second kappa shape index (κ2) is 6.62. The van der Waals surface area contributed by atoms with Gasteiger partial charge in [0.1, 0.15) is 0 Å². The lowest BCUT2D eigenvalue weighted by Gasteiger charge is -2.27.